The number of ether oxygens (including phenoxy) is 2. The van der Waals surface area contributed by atoms with E-state index in [1.165, 1.54) is 0 Å². The van der Waals surface area contributed by atoms with E-state index >= 15 is 0 Å². The molecule has 140 valence electrons. The third-order valence-corrected chi connectivity index (χ3v) is 5.58. The summed E-state index contributed by atoms with van der Waals surface area (Å²) < 4.78 is 12.1. The van der Waals surface area contributed by atoms with Crippen molar-refractivity contribution in [2.75, 3.05) is 24.4 Å². The standard InChI is InChI=1S/C23H26N2O2/c1-7-9-18-21-15(20-17(26-6)10-8-11-19(20)27-18)12-13-16-22(21)25(5)14(2)23(3,4)24-16/h7-8,10-13,18,24H,1-2,9H2,3-6H3. The van der Waals surface area contributed by atoms with E-state index in [1.807, 2.05) is 24.3 Å². The van der Waals surface area contributed by atoms with Crippen molar-refractivity contribution in [1.29, 1.82) is 0 Å². The molecule has 0 aliphatic carbocycles. The van der Waals surface area contributed by atoms with Gasteiger partial charge in [-0.15, -0.1) is 6.58 Å². The van der Waals surface area contributed by atoms with E-state index in [2.05, 4.69) is 56.4 Å². The molecule has 4 rings (SSSR count). The first kappa shape index (κ1) is 17.5. The molecule has 0 fully saturated rings. The van der Waals surface area contributed by atoms with Crippen LogP contribution in [0, 0.1) is 0 Å². The predicted molar refractivity (Wildman–Crippen MR) is 112 cm³/mol. The molecule has 0 bridgehead atoms. The molecule has 0 aromatic heterocycles. The molecule has 0 spiro atoms. The predicted octanol–water partition coefficient (Wildman–Crippen LogP) is 5.53. The molecular weight excluding hydrogens is 336 g/mol. The minimum absolute atomic E-state index is 0.106. The van der Waals surface area contributed by atoms with Gasteiger partial charge in [-0.2, -0.15) is 0 Å². The second-order valence-electron chi connectivity index (χ2n) is 7.64. The molecule has 2 aliphatic heterocycles. The fraction of sp³-hybridized carbons (Fsp3) is 0.304. The van der Waals surface area contributed by atoms with Gasteiger partial charge in [0.05, 0.1) is 29.6 Å². The van der Waals surface area contributed by atoms with Crippen LogP contribution in [0.3, 0.4) is 0 Å². The van der Waals surface area contributed by atoms with Crippen LogP contribution in [0.2, 0.25) is 0 Å². The van der Waals surface area contributed by atoms with Crippen LogP contribution in [0.5, 0.6) is 11.5 Å². The summed E-state index contributed by atoms with van der Waals surface area (Å²) in [6, 6.07) is 10.2. The fourth-order valence-electron chi connectivity index (χ4n) is 4.15. The molecule has 2 aliphatic rings. The number of rotatable bonds is 3. The molecular formula is C23H26N2O2. The Morgan fingerprint density at radius 1 is 1.30 bits per heavy atom. The molecule has 0 saturated heterocycles. The maximum atomic E-state index is 6.41. The number of hydrogen-bond donors (Lipinski definition) is 1. The van der Waals surface area contributed by atoms with Gasteiger partial charge >= 0.3 is 0 Å². The molecule has 2 aromatic rings. The Kier molecular flexibility index (Phi) is 3.95. The van der Waals surface area contributed by atoms with Gasteiger partial charge in [-0.05, 0) is 37.6 Å². The molecule has 1 atom stereocenters. The number of likely N-dealkylation sites (N-methyl/N-ethyl adjacent to an activating group) is 1. The van der Waals surface area contributed by atoms with E-state index < -0.39 is 0 Å². The van der Waals surface area contributed by atoms with Crippen LogP contribution >= 0.6 is 0 Å². The fourth-order valence-corrected chi connectivity index (χ4v) is 4.15. The Hall–Kier alpha value is -2.88. The van der Waals surface area contributed by atoms with Crippen LogP contribution < -0.4 is 19.7 Å². The molecule has 0 radical (unpaired) electrons. The molecule has 4 heteroatoms. The molecule has 0 amide bonds. The third-order valence-electron chi connectivity index (χ3n) is 5.58. The Morgan fingerprint density at radius 3 is 2.78 bits per heavy atom. The number of hydrogen-bond acceptors (Lipinski definition) is 4. The summed E-state index contributed by atoms with van der Waals surface area (Å²) in [7, 11) is 3.77. The van der Waals surface area contributed by atoms with Crippen molar-refractivity contribution in [3.8, 4) is 22.6 Å². The average Bonchev–Trinajstić information content (AvgIpc) is 2.65. The first-order chi connectivity index (χ1) is 12.9. The number of fused-ring (bicyclic) bond motifs is 5. The molecule has 1 N–H and O–H groups in total. The van der Waals surface area contributed by atoms with Crippen LogP contribution in [-0.2, 0) is 0 Å². The van der Waals surface area contributed by atoms with Crippen LogP contribution in [-0.4, -0.2) is 19.7 Å². The van der Waals surface area contributed by atoms with Gasteiger partial charge in [0.15, 0.2) is 0 Å². The lowest BCUT2D eigenvalue weighted by molar-refractivity contribution is 0.205. The number of nitrogens with zero attached hydrogens (tertiary/aromatic N) is 1. The van der Waals surface area contributed by atoms with Crippen molar-refractivity contribution in [3.05, 3.63) is 60.8 Å². The monoisotopic (exact) mass is 362 g/mol. The number of nitrogens with one attached hydrogen (secondary N) is 1. The van der Waals surface area contributed by atoms with Crippen molar-refractivity contribution < 1.29 is 9.47 Å². The van der Waals surface area contributed by atoms with Gasteiger partial charge in [0.2, 0.25) is 0 Å². The van der Waals surface area contributed by atoms with Crippen LogP contribution in [0.15, 0.2) is 55.3 Å². The topological polar surface area (TPSA) is 33.7 Å². The van der Waals surface area contributed by atoms with E-state index in [-0.39, 0.29) is 11.6 Å². The van der Waals surface area contributed by atoms with Gasteiger partial charge in [-0.1, -0.05) is 24.8 Å². The highest BCUT2D eigenvalue weighted by Crippen LogP contribution is 2.54. The Morgan fingerprint density at radius 2 is 2.07 bits per heavy atom. The summed E-state index contributed by atoms with van der Waals surface area (Å²) in [6.07, 6.45) is 2.53. The quantitative estimate of drug-likeness (QED) is 0.728. The van der Waals surface area contributed by atoms with E-state index in [9.17, 15) is 0 Å². The summed E-state index contributed by atoms with van der Waals surface area (Å²) in [4.78, 5) is 2.19. The first-order valence-electron chi connectivity index (χ1n) is 9.22. The van der Waals surface area contributed by atoms with Gasteiger partial charge in [-0.3, -0.25) is 0 Å². The van der Waals surface area contributed by atoms with Crippen molar-refractivity contribution in [2.45, 2.75) is 31.9 Å². The molecule has 4 nitrogen and oxygen atoms in total. The third kappa shape index (κ3) is 2.51. The summed E-state index contributed by atoms with van der Waals surface area (Å²) in [5, 5.41) is 3.63. The minimum Gasteiger partial charge on any atom is -0.496 e. The summed E-state index contributed by atoms with van der Waals surface area (Å²) in [5.74, 6) is 1.66. The molecule has 2 heterocycles. The second kappa shape index (κ2) is 6.08. The van der Waals surface area contributed by atoms with E-state index in [0.29, 0.717) is 0 Å². The lowest BCUT2D eigenvalue weighted by Gasteiger charge is -2.45. The lowest BCUT2D eigenvalue weighted by Crippen LogP contribution is -2.45. The zero-order valence-electron chi connectivity index (χ0n) is 16.4. The largest absolute Gasteiger partial charge is 0.496 e. The van der Waals surface area contributed by atoms with Crippen molar-refractivity contribution in [3.63, 3.8) is 0 Å². The Labute approximate surface area is 161 Å². The minimum atomic E-state index is -0.213. The summed E-state index contributed by atoms with van der Waals surface area (Å²) >= 11 is 0. The van der Waals surface area contributed by atoms with E-state index in [4.69, 9.17) is 9.47 Å². The molecule has 27 heavy (non-hydrogen) atoms. The zero-order chi connectivity index (χ0) is 19.3. The summed E-state index contributed by atoms with van der Waals surface area (Å²) in [6.45, 7) is 12.5. The van der Waals surface area contributed by atoms with Crippen molar-refractivity contribution >= 4 is 11.4 Å². The Bertz CT molecular complexity index is 946. The molecule has 2 aromatic carbocycles. The van der Waals surface area contributed by atoms with Gasteiger partial charge in [0, 0.05) is 24.7 Å². The SMILES string of the molecule is C=CCC1Oc2cccc(OC)c2-c2ccc3c(c21)N(C)C(=C)C(C)(C)N3. The first-order valence-corrected chi connectivity index (χ1v) is 9.22. The normalized spacial score (nSPS) is 19.2. The van der Waals surface area contributed by atoms with Crippen molar-refractivity contribution in [2.24, 2.45) is 0 Å². The Balaban J connectivity index is 2.02. The van der Waals surface area contributed by atoms with Gasteiger partial charge in [0.25, 0.3) is 0 Å². The average molecular weight is 362 g/mol. The van der Waals surface area contributed by atoms with Gasteiger partial charge in [0.1, 0.15) is 17.6 Å². The van der Waals surface area contributed by atoms with Crippen molar-refractivity contribution in [1.82, 2.24) is 0 Å². The summed E-state index contributed by atoms with van der Waals surface area (Å²) in [5.41, 5.74) is 6.30. The van der Waals surface area contributed by atoms with Gasteiger partial charge < -0.3 is 19.7 Å². The number of anilines is 2. The van der Waals surface area contributed by atoms with Crippen LogP contribution in [0.1, 0.15) is 31.9 Å². The maximum absolute atomic E-state index is 6.41. The highest BCUT2D eigenvalue weighted by Gasteiger charge is 2.38. The number of benzene rings is 2. The van der Waals surface area contributed by atoms with E-state index in [1.54, 1.807) is 7.11 Å². The molecule has 1 unspecified atom stereocenters. The maximum Gasteiger partial charge on any atom is 0.131 e. The number of methoxy groups -OCH3 is 1. The molecule has 0 saturated carbocycles. The highest BCUT2D eigenvalue weighted by atomic mass is 16.5. The van der Waals surface area contributed by atoms with Gasteiger partial charge in [-0.25, -0.2) is 0 Å². The van der Waals surface area contributed by atoms with E-state index in [0.717, 1.165) is 51.7 Å². The van der Waals surface area contributed by atoms with Crippen LogP contribution in [0.4, 0.5) is 11.4 Å². The lowest BCUT2D eigenvalue weighted by atomic mass is 9.85. The highest BCUT2D eigenvalue weighted by molar-refractivity contribution is 5.91. The smallest absolute Gasteiger partial charge is 0.131 e. The zero-order valence-corrected chi connectivity index (χ0v) is 16.4. The second-order valence-corrected chi connectivity index (χ2v) is 7.64. The van der Waals surface area contributed by atoms with Crippen LogP contribution in [0.25, 0.3) is 11.1 Å².